The molecule has 1 N–H and O–H groups in total. The summed E-state index contributed by atoms with van der Waals surface area (Å²) in [6, 6.07) is 10.3. The van der Waals surface area contributed by atoms with Crippen LogP contribution < -0.4 is 14.8 Å². The summed E-state index contributed by atoms with van der Waals surface area (Å²) in [6.07, 6.45) is 0. The van der Waals surface area contributed by atoms with Crippen LogP contribution in [-0.4, -0.2) is 29.9 Å². The maximum absolute atomic E-state index is 13.3. The van der Waals surface area contributed by atoms with Gasteiger partial charge in [0.25, 0.3) is 0 Å². The summed E-state index contributed by atoms with van der Waals surface area (Å²) >= 11 is 11.8. The molecule has 4 rings (SSSR count). The standard InChI is InChI=1S/C19H18ClFN2O2S/c1-11-8-23(9-15(11)14-4-2-12(21)6-16(14)20)19(26)22-13-3-5-17-18(7-13)25-10-24-17/h2-7,11,15H,8-10H2,1H3,(H,22,26)/t11-,15?/m0/s1. The molecule has 0 saturated carbocycles. The molecule has 136 valence electrons. The molecule has 0 radical (unpaired) electrons. The van der Waals surface area contributed by atoms with Crippen molar-refractivity contribution in [2.75, 3.05) is 25.2 Å². The summed E-state index contributed by atoms with van der Waals surface area (Å²) in [4.78, 5) is 2.12. The fourth-order valence-electron chi connectivity index (χ4n) is 3.52. The first-order valence-electron chi connectivity index (χ1n) is 8.42. The van der Waals surface area contributed by atoms with E-state index < -0.39 is 0 Å². The van der Waals surface area contributed by atoms with E-state index in [1.165, 1.54) is 12.1 Å². The second-order valence-corrected chi connectivity index (χ2v) is 7.45. The van der Waals surface area contributed by atoms with Crippen molar-refractivity contribution in [3.8, 4) is 11.5 Å². The van der Waals surface area contributed by atoms with Crippen LogP contribution in [0.2, 0.25) is 5.02 Å². The third-order valence-corrected chi connectivity index (χ3v) is 5.57. The monoisotopic (exact) mass is 392 g/mol. The molecule has 4 nitrogen and oxygen atoms in total. The summed E-state index contributed by atoms with van der Waals surface area (Å²) in [7, 11) is 0. The lowest BCUT2D eigenvalue weighted by atomic mass is 9.90. The van der Waals surface area contributed by atoms with Gasteiger partial charge in [0, 0.05) is 35.8 Å². The predicted octanol–water partition coefficient (Wildman–Crippen LogP) is 4.64. The topological polar surface area (TPSA) is 33.7 Å². The van der Waals surface area contributed by atoms with Crippen molar-refractivity contribution in [2.45, 2.75) is 12.8 Å². The minimum absolute atomic E-state index is 0.208. The largest absolute Gasteiger partial charge is 0.454 e. The van der Waals surface area contributed by atoms with Gasteiger partial charge >= 0.3 is 0 Å². The number of halogens is 2. The van der Waals surface area contributed by atoms with Gasteiger partial charge in [-0.1, -0.05) is 24.6 Å². The van der Waals surface area contributed by atoms with E-state index in [4.69, 9.17) is 33.3 Å². The molecular weight excluding hydrogens is 375 g/mol. The van der Waals surface area contributed by atoms with Gasteiger partial charge in [0.05, 0.1) is 0 Å². The van der Waals surface area contributed by atoms with E-state index in [1.54, 1.807) is 6.07 Å². The van der Waals surface area contributed by atoms with Gasteiger partial charge in [-0.2, -0.15) is 0 Å². The molecule has 0 spiro atoms. The van der Waals surface area contributed by atoms with E-state index in [1.807, 2.05) is 18.2 Å². The normalized spacial score (nSPS) is 21.1. The van der Waals surface area contributed by atoms with Crippen LogP contribution in [0.1, 0.15) is 18.4 Å². The SMILES string of the molecule is C[C@H]1CN(C(=S)Nc2ccc3c(c2)OCO3)CC1c1ccc(F)cc1Cl. The first kappa shape index (κ1) is 17.4. The van der Waals surface area contributed by atoms with Crippen molar-refractivity contribution in [3.63, 3.8) is 0 Å². The van der Waals surface area contributed by atoms with Gasteiger partial charge < -0.3 is 19.7 Å². The minimum Gasteiger partial charge on any atom is -0.454 e. The van der Waals surface area contributed by atoms with Gasteiger partial charge in [0.1, 0.15) is 5.82 Å². The Morgan fingerprint density at radius 1 is 1.19 bits per heavy atom. The highest BCUT2D eigenvalue weighted by Gasteiger charge is 2.33. The molecule has 2 aliphatic heterocycles. The number of fused-ring (bicyclic) bond motifs is 1. The number of hydrogen-bond donors (Lipinski definition) is 1. The lowest BCUT2D eigenvalue weighted by Crippen LogP contribution is -2.32. The molecule has 1 saturated heterocycles. The molecule has 2 heterocycles. The Morgan fingerprint density at radius 3 is 2.81 bits per heavy atom. The summed E-state index contributed by atoms with van der Waals surface area (Å²) in [5.41, 5.74) is 1.82. The Kier molecular flexibility index (Phi) is 4.63. The quantitative estimate of drug-likeness (QED) is 0.753. The molecule has 1 unspecified atom stereocenters. The summed E-state index contributed by atoms with van der Waals surface area (Å²) in [6.45, 7) is 3.96. The second-order valence-electron chi connectivity index (χ2n) is 6.65. The molecule has 2 aromatic carbocycles. The van der Waals surface area contributed by atoms with Gasteiger partial charge in [-0.3, -0.25) is 0 Å². The van der Waals surface area contributed by atoms with Crippen molar-refractivity contribution in [3.05, 3.63) is 52.8 Å². The number of nitrogens with one attached hydrogen (secondary N) is 1. The lowest BCUT2D eigenvalue weighted by molar-refractivity contribution is 0.174. The Morgan fingerprint density at radius 2 is 2.00 bits per heavy atom. The molecular formula is C19H18ClFN2O2S. The molecule has 26 heavy (non-hydrogen) atoms. The van der Waals surface area contributed by atoms with Gasteiger partial charge in [-0.25, -0.2) is 4.39 Å². The maximum atomic E-state index is 13.3. The van der Waals surface area contributed by atoms with Crippen LogP contribution in [0.4, 0.5) is 10.1 Å². The van der Waals surface area contributed by atoms with Crippen molar-refractivity contribution >= 4 is 34.6 Å². The average molecular weight is 393 g/mol. The van der Waals surface area contributed by atoms with Gasteiger partial charge in [-0.05, 0) is 48.0 Å². The Bertz CT molecular complexity index is 863. The molecule has 0 aromatic heterocycles. The number of thiocarbonyl (C=S) groups is 1. The first-order chi connectivity index (χ1) is 12.5. The summed E-state index contributed by atoms with van der Waals surface area (Å²) < 4.78 is 24.0. The van der Waals surface area contributed by atoms with E-state index in [2.05, 4.69) is 17.1 Å². The van der Waals surface area contributed by atoms with Crippen molar-refractivity contribution in [1.82, 2.24) is 4.90 Å². The number of anilines is 1. The number of hydrogen-bond acceptors (Lipinski definition) is 3. The van der Waals surface area contributed by atoms with Crippen LogP contribution in [0.25, 0.3) is 0 Å². The highest BCUT2D eigenvalue weighted by Crippen LogP contribution is 2.37. The summed E-state index contributed by atoms with van der Waals surface area (Å²) in [5.74, 6) is 1.70. The molecule has 2 atom stereocenters. The third-order valence-electron chi connectivity index (χ3n) is 4.89. The van der Waals surface area contributed by atoms with Crippen LogP contribution in [0, 0.1) is 11.7 Å². The number of rotatable bonds is 2. The predicted molar refractivity (Wildman–Crippen MR) is 104 cm³/mol. The van der Waals surface area contributed by atoms with E-state index in [0.29, 0.717) is 21.8 Å². The van der Waals surface area contributed by atoms with Crippen molar-refractivity contribution in [2.24, 2.45) is 5.92 Å². The van der Waals surface area contributed by atoms with E-state index in [-0.39, 0.29) is 18.5 Å². The number of ether oxygens (including phenoxy) is 2. The van der Waals surface area contributed by atoms with E-state index in [9.17, 15) is 4.39 Å². The number of benzene rings is 2. The van der Waals surface area contributed by atoms with Crippen molar-refractivity contribution < 1.29 is 13.9 Å². The van der Waals surface area contributed by atoms with E-state index >= 15 is 0 Å². The van der Waals surface area contributed by atoms with Crippen LogP contribution in [-0.2, 0) is 0 Å². The van der Waals surface area contributed by atoms with Crippen LogP contribution >= 0.6 is 23.8 Å². The van der Waals surface area contributed by atoms with Crippen molar-refractivity contribution in [1.29, 1.82) is 0 Å². The third kappa shape index (κ3) is 3.31. The Balaban J connectivity index is 1.46. The average Bonchev–Trinajstić information content (AvgIpc) is 3.21. The molecule has 1 fully saturated rings. The van der Waals surface area contributed by atoms with E-state index in [0.717, 1.165) is 30.1 Å². The van der Waals surface area contributed by atoms with Gasteiger partial charge in [-0.15, -0.1) is 0 Å². The van der Waals surface area contributed by atoms with Crippen LogP contribution in [0.5, 0.6) is 11.5 Å². The Hall–Kier alpha value is -2.05. The minimum atomic E-state index is -0.318. The highest BCUT2D eigenvalue weighted by atomic mass is 35.5. The summed E-state index contributed by atoms with van der Waals surface area (Å²) in [5, 5.41) is 4.38. The zero-order chi connectivity index (χ0) is 18.3. The zero-order valence-corrected chi connectivity index (χ0v) is 15.7. The molecule has 0 amide bonds. The fourth-order valence-corrected chi connectivity index (χ4v) is 4.09. The van der Waals surface area contributed by atoms with Crippen LogP contribution in [0.15, 0.2) is 36.4 Å². The first-order valence-corrected chi connectivity index (χ1v) is 9.20. The zero-order valence-electron chi connectivity index (χ0n) is 14.2. The molecule has 7 heteroatoms. The second kappa shape index (κ2) is 6.93. The molecule has 2 aromatic rings. The smallest absolute Gasteiger partial charge is 0.231 e. The molecule has 0 aliphatic carbocycles. The molecule has 0 bridgehead atoms. The van der Waals surface area contributed by atoms with Gasteiger partial charge in [0.2, 0.25) is 6.79 Å². The molecule has 2 aliphatic rings. The highest BCUT2D eigenvalue weighted by molar-refractivity contribution is 7.80. The Labute approximate surface area is 161 Å². The lowest BCUT2D eigenvalue weighted by Gasteiger charge is -2.21. The number of nitrogens with zero attached hydrogens (tertiary/aromatic N) is 1. The fraction of sp³-hybridized carbons (Fsp3) is 0.316. The van der Waals surface area contributed by atoms with Gasteiger partial charge in [0.15, 0.2) is 16.6 Å². The maximum Gasteiger partial charge on any atom is 0.231 e. The number of likely N-dealkylation sites (tertiary alicyclic amines) is 1. The van der Waals surface area contributed by atoms with Crippen LogP contribution in [0.3, 0.4) is 0 Å².